The zero-order valence-electron chi connectivity index (χ0n) is 20.6. The Bertz CT molecular complexity index is 1240. The van der Waals surface area contributed by atoms with E-state index < -0.39 is 29.0 Å². The van der Waals surface area contributed by atoms with Gasteiger partial charge in [-0.15, -0.1) is 0 Å². The maximum absolute atomic E-state index is 14.0. The molecule has 1 amide bonds. The largest absolute Gasteiger partial charge is 0.365 e. The maximum atomic E-state index is 14.0. The van der Waals surface area contributed by atoms with Gasteiger partial charge in [-0.3, -0.25) is 9.48 Å². The van der Waals surface area contributed by atoms with E-state index in [0.29, 0.717) is 43.4 Å². The normalized spacial score (nSPS) is 20.1. The molecule has 2 aromatic rings. The van der Waals surface area contributed by atoms with Gasteiger partial charge in [-0.2, -0.15) is 14.8 Å². The van der Waals surface area contributed by atoms with E-state index in [1.165, 1.54) is 18.3 Å². The van der Waals surface area contributed by atoms with E-state index in [-0.39, 0.29) is 30.4 Å². The quantitative estimate of drug-likeness (QED) is 0.294. The lowest BCUT2D eigenvalue weighted by atomic mass is 9.77. The summed E-state index contributed by atoms with van der Waals surface area (Å²) in [5.74, 6) is -2.50. The van der Waals surface area contributed by atoms with Crippen LogP contribution in [0, 0.1) is 23.0 Å². The third-order valence-corrected chi connectivity index (χ3v) is 6.54. The first-order valence-corrected chi connectivity index (χ1v) is 12.0. The van der Waals surface area contributed by atoms with Crippen molar-refractivity contribution in [2.45, 2.75) is 63.6 Å². The number of benzene rings is 1. The van der Waals surface area contributed by atoms with Crippen LogP contribution in [0.5, 0.6) is 0 Å². The van der Waals surface area contributed by atoms with E-state index in [2.05, 4.69) is 33.4 Å². The molecule has 3 rings (SSSR count). The summed E-state index contributed by atoms with van der Waals surface area (Å²) in [6, 6.07) is 5.81. The number of halogens is 3. The molecule has 11 heteroatoms. The van der Waals surface area contributed by atoms with Crippen LogP contribution in [-0.4, -0.2) is 27.9 Å². The van der Waals surface area contributed by atoms with Crippen molar-refractivity contribution in [2.75, 3.05) is 5.32 Å². The highest BCUT2D eigenvalue weighted by atomic mass is 19.1. The minimum Gasteiger partial charge on any atom is -0.365 e. The molecule has 0 spiro atoms. The van der Waals surface area contributed by atoms with Crippen LogP contribution in [0.2, 0.25) is 0 Å². The molecule has 1 aliphatic rings. The third kappa shape index (κ3) is 7.07. The van der Waals surface area contributed by atoms with Gasteiger partial charge in [0.25, 0.3) is 5.91 Å². The summed E-state index contributed by atoms with van der Waals surface area (Å²) in [4.78, 5) is 15.6. The smallest absolute Gasteiger partial charge is 0.254 e. The lowest BCUT2D eigenvalue weighted by Gasteiger charge is -2.39. The van der Waals surface area contributed by atoms with Crippen molar-refractivity contribution in [2.24, 2.45) is 10.7 Å². The van der Waals surface area contributed by atoms with Crippen molar-refractivity contribution < 1.29 is 18.0 Å². The first-order chi connectivity index (χ1) is 17.7. The molecule has 1 aromatic carbocycles. The second kappa shape index (κ2) is 12.4. The number of nitrogens with zero attached hydrogens (tertiary/aromatic N) is 4. The summed E-state index contributed by atoms with van der Waals surface area (Å²) in [7, 11) is 0. The molecule has 1 fully saturated rings. The van der Waals surface area contributed by atoms with Gasteiger partial charge in [0.1, 0.15) is 17.2 Å². The number of anilines is 1. The Hall–Kier alpha value is -3.91. The Labute approximate surface area is 213 Å². The second-order valence-electron chi connectivity index (χ2n) is 8.98. The van der Waals surface area contributed by atoms with Crippen LogP contribution in [0.1, 0.15) is 61.4 Å². The van der Waals surface area contributed by atoms with E-state index in [9.17, 15) is 23.2 Å². The summed E-state index contributed by atoms with van der Waals surface area (Å²) in [5, 5.41) is 20.5. The average Bonchev–Trinajstić information content (AvgIpc) is 3.28. The number of aromatic nitrogens is 2. The fourth-order valence-corrected chi connectivity index (χ4v) is 4.41. The van der Waals surface area contributed by atoms with Crippen molar-refractivity contribution in [1.29, 1.82) is 5.26 Å². The van der Waals surface area contributed by atoms with E-state index >= 15 is 0 Å². The summed E-state index contributed by atoms with van der Waals surface area (Å²) in [6.45, 7) is 5.19. The Morgan fingerprint density at radius 3 is 2.73 bits per heavy atom. The van der Waals surface area contributed by atoms with Gasteiger partial charge in [0, 0.05) is 42.3 Å². The number of aliphatic imine (C=N–C) groups is 1. The number of amides is 1. The minimum atomic E-state index is -0.833. The summed E-state index contributed by atoms with van der Waals surface area (Å²) in [6.07, 6.45) is 7.57. The molecule has 196 valence electrons. The van der Waals surface area contributed by atoms with Gasteiger partial charge in [-0.25, -0.2) is 13.8 Å². The molecular formula is C26H30F3N7O. The zero-order chi connectivity index (χ0) is 27.0. The highest BCUT2D eigenvalue weighted by Crippen LogP contribution is 2.38. The van der Waals surface area contributed by atoms with Crippen molar-refractivity contribution in [3.8, 4) is 6.07 Å². The number of hydrogen-bond acceptors (Lipinski definition) is 6. The first kappa shape index (κ1) is 27.7. The summed E-state index contributed by atoms with van der Waals surface area (Å²) >= 11 is 0. The molecule has 0 aliphatic heterocycles. The average molecular weight is 514 g/mol. The van der Waals surface area contributed by atoms with Crippen LogP contribution in [0.4, 0.5) is 19.0 Å². The monoisotopic (exact) mass is 513 g/mol. The Kier molecular flexibility index (Phi) is 9.25. The predicted octanol–water partition coefficient (Wildman–Crippen LogP) is 4.82. The number of carbonyl (C=O) groups is 1. The number of allylic oxidation sites excluding steroid dienone is 2. The lowest BCUT2D eigenvalue weighted by Crippen LogP contribution is -2.43. The molecule has 1 heterocycles. The molecular weight excluding hydrogens is 483 g/mol. The second-order valence-corrected chi connectivity index (χ2v) is 8.98. The number of nitrogens with one attached hydrogen (secondary N) is 2. The van der Waals surface area contributed by atoms with Crippen molar-refractivity contribution >= 4 is 17.9 Å². The van der Waals surface area contributed by atoms with E-state index in [1.54, 1.807) is 17.0 Å². The number of hydrogen-bond donors (Lipinski definition) is 3. The molecule has 0 unspecified atom stereocenters. The van der Waals surface area contributed by atoms with E-state index in [0.717, 1.165) is 6.07 Å². The molecule has 0 atom stereocenters. The number of carbonyl (C=O) groups excluding carboxylic acids is 1. The summed E-state index contributed by atoms with van der Waals surface area (Å²) in [5.41, 5.74) is 6.11. The van der Waals surface area contributed by atoms with Gasteiger partial charge in [-0.1, -0.05) is 13.0 Å². The van der Waals surface area contributed by atoms with Crippen LogP contribution in [0.25, 0.3) is 0 Å². The molecule has 8 nitrogen and oxygen atoms in total. The van der Waals surface area contributed by atoms with Crippen LogP contribution in [0.15, 0.2) is 53.7 Å². The van der Waals surface area contributed by atoms with Gasteiger partial charge in [0.2, 0.25) is 5.95 Å². The number of rotatable bonds is 11. The van der Waals surface area contributed by atoms with Crippen molar-refractivity contribution in [1.82, 2.24) is 15.1 Å². The van der Waals surface area contributed by atoms with Gasteiger partial charge < -0.3 is 16.4 Å². The fourth-order valence-electron chi connectivity index (χ4n) is 4.41. The predicted molar refractivity (Wildman–Crippen MR) is 135 cm³/mol. The van der Waals surface area contributed by atoms with Crippen LogP contribution in [0.3, 0.4) is 0 Å². The van der Waals surface area contributed by atoms with Gasteiger partial charge in [0.15, 0.2) is 5.82 Å². The minimum absolute atomic E-state index is 0.0687. The molecule has 1 saturated carbocycles. The van der Waals surface area contributed by atoms with Crippen LogP contribution >= 0.6 is 0 Å². The maximum Gasteiger partial charge on any atom is 0.254 e. The lowest BCUT2D eigenvalue weighted by molar-refractivity contribution is 0.1000. The Morgan fingerprint density at radius 2 is 2.14 bits per heavy atom. The standard InChI is InChI=1S/C26H30F3N7O/c1-3-20(8-13-32-17(2)27)34-25-22(24(31)37)16-36(35-25)26(11-12-30)9-6-21(7-10-26)33-15-18-4-5-19(28)14-23(18)29/h4-5,8,13-14,16,21,33H,2-3,6-7,9-11,15H2,1H3,(H2,31,37)(H,34,35)/b20-8+,32-13-/t21-,26-. The van der Waals surface area contributed by atoms with E-state index in [1.807, 2.05) is 6.92 Å². The first-order valence-electron chi connectivity index (χ1n) is 12.0. The number of nitrogens with two attached hydrogens (primary N) is 1. The van der Waals surface area contributed by atoms with Gasteiger partial charge in [-0.05, 0) is 50.8 Å². The fraction of sp³-hybridized carbons (Fsp3) is 0.385. The molecule has 37 heavy (non-hydrogen) atoms. The molecule has 1 aliphatic carbocycles. The van der Waals surface area contributed by atoms with Gasteiger partial charge in [0.05, 0.1) is 18.0 Å². The molecule has 0 bridgehead atoms. The van der Waals surface area contributed by atoms with Crippen LogP contribution in [-0.2, 0) is 12.1 Å². The van der Waals surface area contributed by atoms with E-state index in [4.69, 9.17) is 5.73 Å². The topological polar surface area (TPSA) is 121 Å². The molecule has 0 saturated heterocycles. The highest BCUT2D eigenvalue weighted by Gasteiger charge is 2.38. The van der Waals surface area contributed by atoms with Crippen LogP contribution < -0.4 is 16.4 Å². The highest BCUT2D eigenvalue weighted by molar-refractivity contribution is 5.97. The zero-order valence-corrected chi connectivity index (χ0v) is 20.6. The molecule has 4 N–H and O–H groups in total. The Morgan fingerprint density at radius 1 is 1.41 bits per heavy atom. The molecule has 0 radical (unpaired) electrons. The van der Waals surface area contributed by atoms with Crippen molar-refractivity contribution in [3.63, 3.8) is 0 Å². The van der Waals surface area contributed by atoms with Crippen molar-refractivity contribution in [3.05, 3.63) is 71.5 Å². The number of nitriles is 1. The number of primary amides is 1. The Balaban J connectivity index is 1.77. The third-order valence-electron chi connectivity index (χ3n) is 6.54. The molecule has 1 aromatic heterocycles. The summed E-state index contributed by atoms with van der Waals surface area (Å²) < 4.78 is 41.6. The SMILES string of the molecule is C=C(F)/N=C\C=C(/CC)Nc1nn([C@]2(CC#N)CC[C@@H](NCc3ccc(F)cc3F)CC2)cc1C(N)=O. The van der Waals surface area contributed by atoms with Gasteiger partial charge >= 0.3 is 0 Å².